The monoisotopic (exact) mass is 497 g/mol. The van der Waals surface area contributed by atoms with Crippen molar-refractivity contribution in [1.29, 1.82) is 0 Å². The molecule has 0 atom stereocenters. The van der Waals surface area contributed by atoms with E-state index < -0.39 is 9.84 Å². The lowest BCUT2D eigenvalue weighted by Crippen LogP contribution is -2.42. The molecule has 1 aromatic carbocycles. The summed E-state index contributed by atoms with van der Waals surface area (Å²) in [6, 6.07) is 7.79. The Hall–Kier alpha value is -1.03. The molecular weight excluding hydrogens is 465 g/mol. The molecule has 0 amide bonds. The van der Waals surface area contributed by atoms with Gasteiger partial charge in [0.2, 0.25) is 0 Å². The van der Waals surface area contributed by atoms with Crippen LogP contribution in [0.25, 0.3) is 0 Å². The topological polar surface area (TPSA) is 79.8 Å². The second kappa shape index (κ2) is 11.6. The molecular formula is C18H32IN3O3S. The van der Waals surface area contributed by atoms with Gasteiger partial charge in [-0.2, -0.15) is 0 Å². The van der Waals surface area contributed by atoms with Gasteiger partial charge in [0, 0.05) is 24.9 Å². The Morgan fingerprint density at radius 1 is 1.23 bits per heavy atom. The number of benzene rings is 1. The number of halogens is 1. The van der Waals surface area contributed by atoms with Gasteiger partial charge in [-0.25, -0.2) is 13.4 Å². The van der Waals surface area contributed by atoms with Crippen molar-refractivity contribution >= 4 is 39.8 Å². The van der Waals surface area contributed by atoms with Gasteiger partial charge in [-0.3, -0.25) is 0 Å². The molecule has 26 heavy (non-hydrogen) atoms. The van der Waals surface area contributed by atoms with Crippen LogP contribution < -0.4 is 15.4 Å². The van der Waals surface area contributed by atoms with E-state index in [2.05, 4.69) is 29.5 Å². The van der Waals surface area contributed by atoms with Gasteiger partial charge in [0.25, 0.3) is 0 Å². The summed E-state index contributed by atoms with van der Waals surface area (Å²) in [4.78, 5) is 4.60. The molecule has 1 aromatic rings. The first-order valence-corrected chi connectivity index (χ1v) is 10.5. The quantitative estimate of drug-likeness (QED) is 0.312. The zero-order valence-electron chi connectivity index (χ0n) is 16.3. The van der Waals surface area contributed by atoms with Crippen LogP contribution in [0, 0.1) is 5.41 Å². The summed E-state index contributed by atoms with van der Waals surface area (Å²) in [5.74, 6) is 1.72. The zero-order chi connectivity index (χ0) is 18.9. The fourth-order valence-corrected chi connectivity index (χ4v) is 3.14. The van der Waals surface area contributed by atoms with Crippen LogP contribution >= 0.6 is 24.0 Å². The van der Waals surface area contributed by atoms with E-state index in [4.69, 9.17) is 4.74 Å². The van der Waals surface area contributed by atoms with Crippen molar-refractivity contribution < 1.29 is 13.2 Å². The second-order valence-corrected chi connectivity index (χ2v) is 9.16. The van der Waals surface area contributed by atoms with Crippen LogP contribution in [0.4, 0.5) is 0 Å². The third-order valence-corrected chi connectivity index (χ3v) is 4.77. The first-order valence-electron chi connectivity index (χ1n) is 8.48. The maximum atomic E-state index is 11.4. The van der Waals surface area contributed by atoms with Crippen molar-refractivity contribution in [3.63, 3.8) is 0 Å². The fourth-order valence-electron chi connectivity index (χ4n) is 2.21. The van der Waals surface area contributed by atoms with E-state index in [9.17, 15) is 8.42 Å². The molecule has 0 aliphatic rings. The number of rotatable bonds is 9. The average Bonchev–Trinajstić information content (AvgIpc) is 2.55. The minimum absolute atomic E-state index is 0. The first kappa shape index (κ1) is 25.0. The number of methoxy groups -OCH3 is 1. The third kappa shape index (κ3) is 10.2. The van der Waals surface area contributed by atoms with Crippen molar-refractivity contribution in [2.24, 2.45) is 10.4 Å². The Morgan fingerprint density at radius 2 is 1.88 bits per heavy atom. The van der Waals surface area contributed by atoms with Crippen LogP contribution in [-0.2, 0) is 16.4 Å². The first-order chi connectivity index (χ1) is 11.7. The van der Waals surface area contributed by atoms with E-state index >= 15 is 0 Å². The number of hydrogen-bond donors (Lipinski definition) is 2. The molecule has 0 bridgehead atoms. The minimum Gasteiger partial charge on any atom is -0.496 e. The molecule has 0 aliphatic heterocycles. The summed E-state index contributed by atoms with van der Waals surface area (Å²) >= 11 is 0. The molecule has 0 aliphatic carbocycles. The summed E-state index contributed by atoms with van der Waals surface area (Å²) in [5.41, 5.74) is 0.863. The molecule has 0 aromatic heterocycles. The number of ether oxygens (including phenoxy) is 1. The molecule has 0 saturated carbocycles. The van der Waals surface area contributed by atoms with Crippen molar-refractivity contribution in [3.8, 4) is 5.75 Å². The highest BCUT2D eigenvalue weighted by molar-refractivity contribution is 14.0. The highest BCUT2D eigenvalue weighted by atomic mass is 127. The maximum absolute atomic E-state index is 11.4. The normalized spacial score (nSPS) is 12.3. The van der Waals surface area contributed by atoms with Crippen LogP contribution in [0.3, 0.4) is 0 Å². The highest BCUT2D eigenvalue weighted by Gasteiger charge is 2.20. The average molecular weight is 497 g/mol. The van der Waals surface area contributed by atoms with Gasteiger partial charge in [0.05, 0.1) is 19.4 Å². The number of para-hydroxylation sites is 1. The Balaban J connectivity index is 0.00000625. The molecule has 1 rings (SSSR count). The smallest absolute Gasteiger partial charge is 0.191 e. The van der Waals surface area contributed by atoms with Crippen LogP contribution in [0.15, 0.2) is 29.3 Å². The lowest BCUT2D eigenvalue weighted by molar-refractivity contribution is 0.348. The number of hydrogen-bond acceptors (Lipinski definition) is 4. The van der Waals surface area contributed by atoms with Gasteiger partial charge in [-0.15, -0.1) is 24.0 Å². The standard InChI is InChI=1S/C18H31N3O3S.HI/c1-6-19-17(20-13-15-9-7-8-10-16(15)24-4)21-14-18(2,3)11-12-25(5,22)23;/h7-10H,6,11-14H2,1-5H3,(H2,19,20,21);1H. The van der Waals surface area contributed by atoms with Crippen LogP contribution in [0.2, 0.25) is 0 Å². The Kier molecular flexibility index (Phi) is 11.2. The lowest BCUT2D eigenvalue weighted by atomic mass is 9.90. The molecule has 0 saturated heterocycles. The number of sulfone groups is 1. The Bertz CT molecular complexity index is 676. The SMILES string of the molecule is CCNC(=NCc1ccccc1OC)NCC(C)(C)CCS(C)(=O)=O.I. The Labute approximate surface area is 175 Å². The number of nitrogens with zero attached hydrogens (tertiary/aromatic N) is 1. The van der Waals surface area contributed by atoms with Gasteiger partial charge in [-0.1, -0.05) is 32.0 Å². The number of nitrogens with one attached hydrogen (secondary N) is 2. The summed E-state index contributed by atoms with van der Waals surface area (Å²) in [6.07, 6.45) is 1.88. The largest absolute Gasteiger partial charge is 0.496 e. The van der Waals surface area contributed by atoms with Crippen LogP contribution in [0.1, 0.15) is 32.8 Å². The molecule has 150 valence electrons. The molecule has 6 nitrogen and oxygen atoms in total. The molecule has 8 heteroatoms. The zero-order valence-corrected chi connectivity index (χ0v) is 19.5. The third-order valence-electron chi connectivity index (χ3n) is 3.83. The van der Waals surface area contributed by atoms with E-state index in [0.717, 1.165) is 17.9 Å². The molecule has 0 unspecified atom stereocenters. The van der Waals surface area contributed by atoms with Gasteiger partial charge >= 0.3 is 0 Å². The van der Waals surface area contributed by atoms with Crippen molar-refractivity contribution in [3.05, 3.63) is 29.8 Å². The van der Waals surface area contributed by atoms with Gasteiger partial charge in [0.1, 0.15) is 15.6 Å². The highest BCUT2D eigenvalue weighted by Crippen LogP contribution is 2.20. The van der Waals surface area contributed by atoms with Crippen LogP contribution in [0.5, 0.6) is 5.75 Å². The molecule has 0 heterocycles. The summed E-state index contributed by atoms with van der Waals surface area (Å²) in [5, 5.41) is 6.52. The van der Waals surface area contributed by atoms with Gasteiger partial charge < -0.3 is 15.4 Å². The van der Waals surface area contributed by atoms with E-state index in [1.165, 1.54) is 6.26 Å². The van der Waals surface area contributed by atoms with Gasteiger partial charge in [-0.05, 0) is 24.8 Å². The van der Waals surface area contributed by atoms with Crippen molar-refractivity contribution in [2.75, 3.05) is 32.2 Å². The minimum atomic E-state index is -2.95. The lowest BCUT2D eigenvalue weighted by Gasteiger charge is -2.25. The van der Waals surface area contributed by atoms with E-state index in [1.54, 1.807) is 7.11 Å². The predicted octanol–water partition coefficient (Wildman–Crippen LogP) is 2.83. The fraction of sp³-hybridized carbons (Fsp3) is 0.611. The molecule has 0 spiro atoms. The number of guanidine groups is 1. The molecule has 0 fully saturated rings. The van der Waals surface area contributed by atoms with E-state index in [1.807, 2.05) is 31.2 Å². The predicted molar refractivity (Wildman–Crippen MR) is 119 cm³/mol. The molecule has 0 radical (unpaired) electrons. The maximum Gasteiger partial charge on any atom is 0.191 e. The summed E-state index contributed by atoms with van der Waals surface area (Å²) in [7, 11) is -1.30. The van der Waals surface area contributed by atoms with E-state index in [-0.39, 0.29) is 35.1 Å². The summed E-state index contributed by atoms with van der Waals surface area (Å²) < 4.78 is 28.1. The van der Waals surface area contributed by atoms with Crippen molar-refractivity contribution in [1.82, 2.24) is 10.6 Å². The van der Waals surface area contributed by atoms with Crippen molar-refractivity contribution in [2.45, 2.75) is 33.7 Å². The van der Waals surface area contributed by atoms with E-state index in [0.29, 0.717) is 25.5 Å². The molecule has 2 N–H and O–H groups in total. The van der Waals surface area contributed by atoms with Crippen LogP contribution in [-0.4, -0.2) is 46.6 Å². The second-order valence-electron chi connectivity index (χ2n) is 6.90. The number of aliphatic imine (C=N–C) groups is 1. The Morgan fingerprint density at radius 3 is 2.46 bits per heavy atom. The summed E-state index contributed by atoms with van der Waals surface area (Å²) in [6.45, 7) is 8.00. The van der Waals surface area contributed by atoms with Gasteiger partial charge in [0.15, 0.2) is 5.96 Å².